The van der Waals surface area contributed by atoms with E-state index in [0.717, 1.165) is 32.0 Å². The average Bonchev–Trinajstić information content (AvgIpc) is 3.17. The number of carbonyl (C=O) groups excluding carboxylic acids is 1. The number of H-pyrrole nitrogens is 1. The Bertz CT molecular complexity index is 1060. The third-order valence-electron chi connectivity index (χ3n) is 5.33. The van der Waals surface area contributed by atoms with Gasteiger partial charge in [-0.1, -0.05) is 6.07 Å². The summed E-state index contributed by atoms with van der Waals surface area (Å²) in [4.78, 5) is 24.4. The van der Waals surface area contributed by atoms with Crippen LogP contribution < -0.4 is 15.0 Å². The normalized spacial score (nSPS) is 16.2. The molecule has 3 aromatic rings. The van der Waals surface area contributed by atoms with Crippen molar-refractivity contribution in [2.24, 2.45) is 0 Å². The van der Waals surface area contributed by atoms with Crippen molar-refractivity contribution in [1.82, 2.24) is 20.2 Å². The molecule has 1 aliphatic heterocycles. The van der Waals surface area contributed by atoms with Gasteiger partial charge in [-0.15, -0.1) is 13.2 Å². The molecule has 7 nitrogen and oxygen atoms in total. The number of amides is 1. The van der Waals surface area contributed by atoms with Crippen LogP contribution in [-0.2, 0) is 0 Å². The van der Waals surface area contributed by atoms with Gasteiger partial charge in [-0.05, 0) is 37.3 Å². The molecule has 1 unspecified atom stereocenters. The van der Waals surface area contributed by atoms with Gasteiger partial charge in [-0.25, -0.2) is 4.98 Å². The third kappa shape index (κ3) is 5.50. The summed E-state index contributed by atoms with van der Waals surface area (Å²) in [6, 6.07) is 11.3. The second-order valence-electron chi connectivity index (χ2n) is 7.83. The van der Waals surface area contributed by atoms with Crippen molar-refractivity contribution in [2.45, 2.75) is 19.3 Å². The van der Waals surface area contributed by atoms with E-state index in [1.54, 1.807) is 12.3 Å². The molecule has 1 fully saturated rings. The molecule has 32 heavy (non-hydrogen) atoms. The van der Waals surface area contributed by atoms with E-state index in [9.17, 15) is 18.0 Å². The van der Waals surface area contributed by atoms with Crippen molar-refractivity contribution in [2.75, 3.05) is 37.6 Å². The highest BCUT2D eigenvalue weighted by Gasteiger charge is 2.31. The molecular weight excluding hydrogens is 423 g/mol. The number of alkyl halides is 3. The summed E-state index contributed by atoms with van der Waals surface area (Å²) in [5.74, 6) is 0.326. The van der Waals surface area contributed by atoms with Gasteiger partial charge in [0.1, 0.15) is 17.3 Å². The van der Waals surface area contributed by atoms with Crippen molar-refractivity contribution in [3.63, 3.8) is 0 Å². The number of ether oxygens (including phenoxy) is 1. The van der Waals surface area contributed by atoms with Crippen LogP contribution >= 0.6 is 0 Å². The molecule has 4 rings (SSSR count). The Morgan fingerprint density at radius 1 is 1.19 bits per heavy atom. The van der Waals surface area contributed by atoms with E-state index in [1.807, 2.05) is 25.1 Å². The molecule has 1 aromatic carbocycles. The lowest BCUT2D eigenvalue weighted by Crippen LogP contribution is -2.51. The predicted octanol–water partition coefficient (Wildman–Crippen LogP) is 3.40. The van der Waals surface area contributed by atoms with Crippen LogP contribution in [0, 0.1) is 0 Å². The van der Waals surface area contributed by atoms with Crippen LogP contribution in [0.2, 0.25) is 0 Å². The summed E-state index contributed by atoms with van der Waals surface area (Å²) in [6.45, 7) is 6.09. The highest BCUT2D eigenvalue weighted by molar-refractivity contribution is 5.98. The third-order valence-corrected chi connectivity index (χ3v) is 5.33. The summed E-state index contributed by atoms with van der Waals surface area (Å²) >= 11 is 0. The second-order valence-corrected chi connectivity index (χ2v) is 7.83. The number of fused-ring (bicyclic) bond motifs is 1. The van der Waals surface area contributed by atoms with Gasteiger partial charge in [0.15, 0.2) is 0 Å². The number of nitrogens with zero attached hydrogens (tertiary/aromatic N) is 3. The minimum atomic E-state index is -4.76. The van der Waals surface area contributed by atoms with Crippen LogP contribution in [0.5, 0.6) is 5.75 Å². The fourth-order valence-corrected chi connectivity index (χ4v) is 3.86. The van der Waals surface area contributed by atoms with Gasteiger partial charge in [0.2, 0.25) is 0 Å². The predicted molar refractivity (Wildman–Crippen MR) is 115 cm³/mol. The van der Waals surface area contributed by atoms with Crippen LogP contribution in [0.4, 0.5) is 19.0 Å². The molecule has 10 heteroatoms. The molecule has 1 amide bonds. The number of benzene rings is 1. The number of rotatable bonds is 6. The minimum Gasteiger partial charge on any atom is -0.406 e. The number of nitrogens with one attached hydrogen (secondary N) is 2. The van der Waals surface area contributed by atoms with Gasteiger partial charge in [0, 0.05) is 61.9 Å². The van der Waals surface area contributed by atoms with Gasteiger partial charge in [-0.2, -0.15) is 0 Å². The lowest BCUT2D eigenvalue weighted by molar-refractivity contribution is -0.274. The number of hydrogen-bond donors (Lipinski definition) is 2. The zero-order valence-corrected chi connectivity index (χ0v) is 17.5. The molecule has 1 atom stereocenters. The Morgan fingerprint density at radius 3 is 2.66 bits per heavy atom. The lowest BCUT2D eigenvalue weighted by Gasteiger charge is -2.36. The Hall–Kier alpha value is -3.27. The molecule has 0 radical (unpaired) electrons. The van der Waals surface area contributed by atoms with E-state index in [4.69, 9.17) is 0 Å². The van der Waals surface area contributed by atoms with Crippen molar-refractivity contribution in [3.05, 3.63) is 54.4 Å². The van der Waals surface area contributed by atoms with Crippen molar-refractivity contribution < 1.29 is 22.7 Å². The minimum absolute atomic E-state index is 0.0977. The molecule has 3 heterocycles. The van der Waals surface area contributed by atoms with Crippen LogP contribution in [0.1, 0.15) is 17.4 Å². The highest BCUT2D eigenvalue weighted by Crippen LogP contribution is 2.26. The summed E-state index contributed by atoms with van der Waals surface area (Å²) in [6.07, 6.45) is -2.98. The van der Waals surface area contributed by atoms with E-state index >= 15 is 0 Å². The molecular formula is C22H24F3N5O2. The maximum atomic E-state index is 12.6. The Labute approximate surface area is 183 Å². The fourth-order valence-electron chi connectivity index (χ4n) is 3.86. The first kappa shape index (κ1) is 21.9. The van der Waals surface area contributed by atoms with Crippen molar-refractivity contribution >= 4 is 22.6 Å². The van der Waals surface area contributed by atoms with Gasteiger partial charge >= 0.3 is 6.36 Å². The van der Waals surface area contributed by atoms with Gasteiger partial charge < -0.3 is 19.9 Å². The number of pyridine rings is 1. The van der Waals surface area contributed by atoms with Crippen molar-refractivity contribution in [1.29, 1.82) is 0 Å². The number of carbonyl (C=O) groups is 1. The molecule has 1 aliphatic rings. The summed E-state index contributed by atoms with van der Waals surface area (Å²) in [7, 11) is 0. The molecule has 2 N–H and O–H groups in total. The largest absolute Gasteiger partial charge is 0.573 e. The zero-order valence-electron chi connectivity index (χ0n) is 17.5. The summed E-state index contributed by atoms with van der Waals surface area (Å²) in [5.41, 5.74) is 0.686. The van der Waals surface area contributed by atoms with Crippen LogP contribution in [0.25, 0.3) is 10.9 Å². The Kier molecular flexibility index (Phi) is 6.22. The second kappa shape index (κ2) is 9.07. The quantitative estimate of drug-likeness (QED) is 0.606. The highest BCUT2D eigenvalue weighted by atomic mass is 19.4. The molecule has 0 spiro atoms. The zero-order chi connectivity index (χ0) is 22.7. The molecule has 0 saturated carbocycles. The van der Waals surface area contributed by atoms with Crippen molar-refractivity contribution in [3.8, 4) is 5.75 Å². The lowest BCUT2D eigenvalue weighted by atomic mass is 10.2. The number of piperazine rings is 1. The number of aromatic nitrogens is 2. The molecule has 170 valence electrons. The first-order valence-corrected chi connectivity index (χ1v) is 10.3. The first-order valence-electron chi connectivity index (χ1n) is 10.3. The van der Waals surface area contributed by atoms with E-state index in [1.165, 1.54) is 18.2 Å². The van der Waals surface area contributed by atoms with Crippen LogP contribution in [0.3, 0.4) is 0 Å². The topological polar surface area (TPSA) is 73.5 Å². The maximum absolute atomic E-state index is 12.6. The standard InChI is InChI=1S/C22H24F3N5O2/c1-15(14-29-8-10-30(11-9-29)20-4-2-3-7-26-20)27-21(31)19-12-16-5-6-17(13-18(16)28-19)32-22(23,24)25/h2-7,12-13,15,28H,8-11,14H2,1H3,(H,27,31). The number of halogens is 3. The van der Waals surface area contributed by atoms with Gasteiger partial charge in [-0.3, -0.25) is 9.69 Å². The van der Waals surface area contributed by atoms with E-state index in [-0.39, 0.29) is 23.4 Å². The Morgan fingerprint density at radius 2 is 1.97 bits per heavy atom. The SMILES string of the molecule is CC(CN1CCN(c2ccccn2)CC1)NC(=O)c1cc2ccc(OC(F)(F)F)cc2[nH]1. The first-order chi connectivity index (χ1) is 15.3. The van der Waals surface area contributed by atoms with Gasteiger partial charge in [0.05, 0.1) is 0 Å². The van der Waals surface area contributed by atoms with Gasteiger partial charge in [0.25, 0.3) is 5.91 Å². The fraction of sp³-hybridized carbons (Fsp3) is 0.364. The van der Waals surface area contributed by atoms with E-state index in [0.29, 0.717) is 17.4 Å². The molecule has 2 aromatic heterocycles. The monoisotopic (exact) mass is 447 g/mol. The van der Waals surface area contributed by atoms with Crippen LogP contribution in [0.15, 0.2) is 48.7 Å². The smallest absolute Gasteiger partial charge is 0.406 e. The van der Waals surface area contributed by atoms with Crippen LogP contribution in [-0.4, -0.2) is 65.9 Å². The molecule has 0 aliphatic carbocycles. The molecule has 1 saturated heterocycles. The average molecular weight is 447 g/mol. The number of hydrogen-bond acceptors (Lipinski definition) is 5. The number of aromatic amines is 1. The van der Waals surface area contributed by atoms with E-state index < -0.39 is 6.36 Å². The number of anilines is 1. The summed E-state index contributed by atoms with van der Waals surface area (Å²) < 4.78 is 41.2. The van der Waals surface area contributed by atoms with E-state index in [2.05, 4.69) is 29.8 Å². The maximum Gasteiger partial charge on any atom is 0.573 e. The Balaban J connectivity index is 1.30. The summed E-state index contributed by atoms with van der Waals surface area (Å²) in [5, 5.41) is 3.58. The molecule has 0 bridgehead atoms.